The van der Waals surface area contributed by atoms with Crippen molar-refractivity contribution in [1.29, 1.82) is 0 Å². The molecule has 1 aliphatic rings. The Morgan fingerprint density at radius 2 is 2.26 bits per heavy atom. The molecule has 11 heteroatoms. The van der Waals surface area contributed by atoms with Gasteiger partial charge in [-0.2, -0.15) is 10.1 Å². The van der Waals surface area contributed by atoms with E-state index in [0.29, 0.717) is 23.6 Å². The van der Waals surface area contributed by atoms with Gasteiger partial charge in [0.2, 0.25) is 0 Å². The lowest BCUT2D eigenvalue weighted by atomic mass is 10.2. The van der Waals surface area contributed by atoms with Crippen LogP contribution in [-0.4, -0.2) is 61.6 Å². The lowest BCUT2D eigenvalue weighted by molar-refractivity contribution is 0.0937. The van der Waals surface area contributed by atoms with Crippen LogP contribution in [0, 0.1) is 0 Å². The largest absolute Gasteiger partial charge is 0.463 e. The summed E-state index contributed by atoms with van der Waals surface area (Å²) in [5.41, 5.74) is 2.61. The van der Waals surface area contributed by atoms with Gasteiger partial charge < -0.3 is 19.8 Å². The Hall–Kier alpha value is -3.86. The van der Waals surface area contributed by atoms with Crippen molar-refractivity contribution in [2.45, 2.75) is 31.9 Å². The van der Waals surface area contributed by atoms with Crippen LogP contribution in [0.4, 0.5) is 10.2 Å². The molecule has 5 heterocycles. The lowest BCUT2D eigenvalue weighted by Crippen LogP contribution is -2.15. The summed E-state index contributed by atoms with van der Waals surface area (Å²) in [6.07, 6.45) is 9.01. The van der Waals surface area contributed by atoms with E-state index in [4.69, 9.17) is 9.47 Å². The zero-order chi connectivity index (χ0) is 23.3. The van der Waals surface area contributed by atoms with Gasteiger partial charge in [0.05, 0.1) is 54.6 Å². The highest BCUT2D eigenvalue weighted by atomic mass is 19.1. The summed E-state index contributed by atoms with van der Waals surface area (Å²) in [6, 6.07) is 5.59. The van der Waals surface area contributed by atoms with Crippen LogP contribution < -0.4 is 10.1 Å². The van der Waals surface area contributed by atoms with Crippen LogP contribution in [0.2, 0.25) is 0 Å². The number of H-pyrrole nitrogens is 1. The van der Waals surface area contributed by atoms with Crippen LogP contribution in [0.3, 0.4) is 0 Å². The van der Waals surface area contributed by atoms with Gasteiger partial charge in [-0.3, -0.25) is 13.9 Å². The number of pyridine rings is 1. The Morgan fingerprint density at radius 1 is 1.32 bits per heavy atom. The number of carbonyl (C=O) groups is 1. The van der Waals surface area contributed by atoms with Crippen molar-refractivity contribution in [3.63, 3.8) is 0 Å². The number of ether oxygens (including phenoxy) is 2. The molecule has 1 atom stereocenters. The fraction of sp³-hybridized carbons (Fsp3) is 0.348. The van der Waals surface area contributed by atoms with E-state index in [-0.39, 0.29) is 31.0 Å². The molecule has 0 spiro atoms. The predicted octanol–water partition coefficient (Wildman–Crippen LogP) is 3.39. The van der Waals surface area contributed by atoms with E-state index in [2.05, 4.69) is 30.4 Å². The van der Waals surface area contributed by atoms with Crippen LogP contribution >= 0.6 is 0 Å². The maximum atomic E-state index is 12.7. The molecule has 4 aromatic heterocycles. The van der Waals surface area contributed by atoms with Gasteiger partial charge in [-0.25, -0.2) is 9.97 Å². The number of carbonyl (C=O) groups excluding carboxylic acids is 1. The van der Waals surface area contributed by atoms with Crippen molar-refractivity contribution in [3.05, 3.63) is 48.5 Å². The van der Waals surface area contributed by atoms with E-state index in [0.717, 1.165) is 36.0 Å². The molecule has 1 saturated heterocycles. The molecule has 0 aromatic carbocycles. The Balaban J connectivity index is 1.27. The van der Waals surface area contributed by atoms with Crippen molar-refractivity contribution in [3.8, 4) is 17.4 Å². The molecule has 0 aliphatic carbocycles. The lowest BCUT2D eigenvalue weighted by Gasteiger charge is -2.08. The second kappa shape index (κ2) is 9.96. The topological polar surface area (TPSA) is 120 Å². The van der Waals surface area contributed by atoms with Crippen molar-refractivity contribution in [2.24, 2.45) is 0 Å². The van der Waals surface area contributed by atoms with Gasteiger partial charge in [-0.1, -0.05) is 0 Å². The minimum atomic E-state index is -0.453. The maximum Gasteiger partial charge on any atom is 0.316 e. The Labute approximate surface area is 194 Å². The van der Waals surface area contributed by atoms with Gasteiger partial charge >= 0.3 is 6.01 Å². The number of aromatic amines is 1. The van der Waals surface area contributed by atoms with Crippen LogP contribution in [-0.2, 0) is 11.3 Å². The zero-order valence-electron chi connectivity index (χ0n) is 18.4. The summed E-state index contributed by atoms with van der Waals surface area (Å²) in [5.74, 6) is 0.124. The van der Waals surface area contributed by atoms with Gasteiger partial charge in [-0.15, -0.1) is 0 Å². The standard InChI is InChI=1S/C23H24FN7O3/c24-5-2-8-34-23-25-6-4-18(29-23)20-9-15-11-26-21(10-19(15)28-20)30-22(32)16-12-27-31(13-16)14-17-3-1-7-33-17/h4,6,9-13,17,28H,1-3,5,7-8,14H2,(H,26,30,32). The molecule has 5 rings (SSSR count). The summed E-state index contributed by atoms with van der Waals surface area (Å²) >= 11 is 0. The third-order valence-electron chi connectivity index (χ3n) is 5.47. The minimum Gasteiger partial charge on any atom is -0.463 e. The van der Waals surface area contributed by atoms with Gasteiger partial charge in [0.1, 0.15) is 5.82 Å². The van der Waals surface area contributed by atoms with Gasteiger partial charge in [0.15, 0.2) is 0 Å². The van der Waals surface area contributed by atoms with Gasteiger partial charge in [0.25, 0.3) is 5.91 Å². The molecule has 4 aromatic rings. The fourth-order valence-electron chi connectivity index (χ4n) is 3.78. The van der Waals surface area contributed by atoms with Crippen molar-refractivity contribution in [1.82, 2.24) is 29.7 Å². The summed E-state index contributed by atoms with van der Waals surface area (Å²) < 4.78 is 25.0. The minimum absolute atomic E-state index is 0.148. The second-order valence-corrected chi connectivity index (χ2v) is 8.00. The number of nitrogens with zero attached hydrogens (tertiary/aromatic N) is 5. The molecule has 0 bridgehead atoms. The second-order valence-electron chi connectivity index (χ2n) is 8.00. The molecule has 34 heavy (non-hydrogen) atoms. The molecule has 1 aliphatic heterocycles. The van der Waals surface area contributed by atoms with Crippen molar-refractivity contribution < 1.29 is 18.7 Å². The predicted molar refractivity (Wildman–Crippen MR) is 122 cm³/mol. The zero-order valence-corrected chi connectivity index (χ0v) is 18.4. The quantitative estimate of drug-likeness (QED) is 0.364. The highest BCUT2D eigenvalue weighted by Gasteiger charge is 2.18. The molecule has 176 valence electrons. The van der Waals surface area contributed by atoms with E-state index in [9.17, 15) is 9.18 Å². The number of anilines is 1. The summed E-state index contributed by atoms with van der Waals surface area (Å²) in [5, 5.41) is 7.94. The third-order valence-corrected chi connectivity index (χ3v) is 5.47. The highest BCUT2D eigenvalue weighted by Crippen LogP contribution is 2.25. The maximum absolute atomic E-state index is 12.7. The van der Waals surface area contributed by atoms with Crippen molar-refractivity contribution in [2.75, 3.05) is 25.2 Å². The normalized spacial score (nSPS) is 15.6. The molecule has 0 radical (unpaired) electrons. The molecule has 0 saturated carbocycles. The number of aromatic nitrogens is 6. The van der Waals surface area contributed by atoms with Gasteiger partial charge in [-0.05, 0) is 25.0 Å². The Bertz CT molecular complexity index is 1280. The number of amides is 1. The van der Waals surface area contributed by atoms with E-state index in [1.54, 1.807) is 35.4 Å². The summed E-state index contributed by atoms with van der Waals surface area (Å²) in [7, 11) is 0. The number of hydrogen-bond acceptors (Lipinski definition) is 7. The summed E-state index contributed by atoms with van der Waals surface area (Å²) in [6.45, 7) is 1.17. The molecule has 1 amide bonds. The first kappa shape index (κ1) is 22.0. The van der Waals surface area contributed by atoms with E-state index < -0.39 is 6.67 Å². The van der Waals surface area contributed by atoms with Gasteiger partial charge in [0, 0.05) is 43.1 Å². The van der Waals surface area contributed by atoms with Crippen molar-refractivity contribution >= 4 is 22.6 Å². The molecule has 1 unspecified atom stereocenters. The monoisotopic (exact) mass is 465 g/mol. The highest BCUT2D eigenvalue weighted by molar-refractivity contribution is 6.04. The first-order valence-electron chi connectivity index (χ1n) is 11.1. The van der Waals surface area contributed by atoms with E-state index in [1.807, 2.05) is 6.07 Å². The van der Waals surface area contributed by atoms with E-state index in [1.165, 1.54) is 6.20 Å². The number of nitrogens with one attached hydrogen (secondary N) is 2. The molecule has 2 N–H and O–H groups in total. The average molecular weight is 465 g/mol. The van der Waals surface area contributed by atoms with Crippen LogP contribution in [0.5, 0.6) is 6.01 Å². The SMILES string of the molecule is O=C(Nc1cc2[nH]c(-c3ccnc(OCCCF)n3)cc2cn1)c1cnn(CC2CCCO2)c1. The molecule has 1 fully saturated rings. The number of halogens is 1. The fourth-order valence-corrected chi connectivity index (χ4v) is 3.78. The Kier molecular flexibility index (Phi) is 6.43. The Morgan fingerprint density at radius 3 is 3.12 bits per heavy atom. The van der Waals surface area contributed by atoms with Crippen LogP contribution in [0.15, 0.2) is 43.0 Å². The average Bonchev–Trinajstić information content (AvgIpc) is 3.61. The third kappa shape index (κ3) is 5.04. The first-order valence-corrected chi connectivity index (χ1v) is 11.1. The number of hydrogen-bond donors (Lipinski definition) is 2. The van der Waals surface area contributed by atoms with Crippen LogP contribution in [0.25, 0.3) is 22.3 Å². The molecular formula is C23H24FN7O3. The number of rotatable bonds is 9. The van der Waals surface area contributed by atoms with Crippen LogP contribution in [0.1, 0.15) is 29.6 Å². The first-order chi connectivity index (χ1) is 16.7. The number of fused-ring (bicyclic) bond motifs is 1. The molecular weight excluding hydrogens is 441 g/mol. The molecule has 10 nitrogen and oxygen atoms in total. The number of alkyl halides is 1. The van der Waals surface area contributed by atoms with E-state index >= 15 is 0 Å². The summed E-state index contributed by atoms with van der Waals surface area (Å²) in [4.78, 5) is 28.7. The smallest absolute Gasteiger partial charge is 0.316 e.